The number of piperazine rings is 1. The van der Waals surface area contributed by atoms with Crippen LogP contribution in [-0.4, -0.2) is 66.1 Å². The van der Waals surface area contributed by atoms with E-state index in [0.29, 0.717) is 19.5 Å². The van der Waals surface area contributed by atoms with Crippen LogP contribution in [0.5, 0.6) is 0 Å². The number of allylic oxidation sites excluding steroid dienone is 1. The van der Waals surface area contributed by atoms with Crippen LogP contribution in [0.1, 0.15) is 16.7 Å². The van der Waals surface area contributed by atoms with E-state index >= 15 is 0 Å². The van der Waals surface area contributed by atoms with E-state index in [1.807, 2.05) is 23.1 Å². The molecule has 2 aliphatic rings. The number of rotatable bonds is 6. The number of aryl methyl sites for hydroxylation is 2. The highest BCUT2D eigenvalue weighted by atomic mass is 16.2. The summed E-state index contributed by atoms with van der Waals surface area (Å²) in [6, 6.07) is 19.0. The molecule has 0 aliphatic carbocycles. The molecule has 1 saturated heterocycles. The number of carbonyl (C=O) groups excluding carboxylic acids is 1. The first-order valence-electron chi connectivity index (χ1n) is 11.4. The Morgan fingerprint density at radius 3 is 2.24 bits per heavy atom. The van der Waals surface area contributed by atoms with E-state index in [-0.39, 0.29) is 5.91 Å². The predicted molar refractivity (Wildman–Crippen MR) is 134 cm³/mol. The minimum atomic E-state index is 0.181. The van der Waals surface area contributed by atoms with Crippen molar-refractivity contribution >= 4 is 18.1 Å². The summed E-state index contributed by atoms with van der Waals surface area (Å²) in [4.78, 5) is 21.0. The standard InChI is InChI=1S/C27H31N5O/c1-22-8-15-26(29-32(22)21-28-2)30-16-18-31(19-17-30)27(33)20-25-13-11-24(12-14-25)10-9-23-6-4-3-5-7-23/h3-8,11-15,21H,1,9-10,16-20H2,2H3/b28-21-. The van der Waals surface area contributed by atoms with Crippen molar-refractivity contribution in [1.82, 2.24) is 14.8 Å². The first-order valence-corrected chi connectivity index (χ1v) is 11.4. The molecule has 0 aromatic heterocycles. The molecular weight excluding hydrogens is 410 g/mol. The number of aliphatic imine (C=N–C) groups is 1. The van der Waals surface area contributed by atoms with Gasteiger partial charge in [0, 0.05) is 33.2 Å². The van der Waals surface area contributed by atoms with E-state index in [1.165, 1.54) is 11.1 Å². The molecule has 0 radical (unpaired) electrons. The molecule has 0 bridgehead atoms. The van der Waals surface area contributed by atoms with Crippen LogP contribution >= 0.6 is 0 Å². The Morgan fingerprint density at radius 1 is 0.939 bits per heavy atom. The van der Waals surface area contributed by atoms with Crippen LogP contribution in [0.3, 0.4) is 0 Å². The van der Waals surface area contributed by atoms with Gasteiger partial charge in [0.2, 0.25) is 5.91 Å². The number of benzene rings is 2. The van der Waals surface area contributed by atoms with Crippen molar-refractivity contribution in [2.45, 2.75) is 19.3 Å². The third-order valence-corrected chi connectivity index (χ3v) is 6.03. The monoisotopic (exact) mass is 441 g/mol. The third kappa shape index (κ3) is 5.98. The Bertz CT molecular complexity index is 1050. The van der Waals surface area contributed by atoms with Crippen LogP contribution < -0.4 is 0 Å². The highest BCUT2D eigenvalue weighted by Crippen LogP contribution is 2.15. The second-order valence-electron chi connectivity index (χ2n) is 8.35. The lowest BCUT2D eigenvalue weighted by Gasteiger charge is -2.37. The minimum Gasteiger partial charge on any atom is -0.352 e. The lowest BCUT2D eigenvalue weighted by Crippen LogP contribution is -2.51. The average molecular weight is 442 g/mol. The molecule has 2 heterocycles. The van der Waals surface area contributed by atoms with Gasteiger partial charge >= 0.3 is 0 Å². The van der Waals surface area contributed by atoms with E-state index < -0.39 is 0 Å². The summed E-state index contributed by atoms with van der Waals surface area (Å²) in [7, 11) is 1.71. The molecule has 0 saturated carbocycles. The van der Waals surface area contributed by atoms with Gasteiger partial charge in [0.15, 0.2) is 0 Å². The van der Waals surface area contributed by atoms with E-state index in [4.69, 9.17) is 0 Å². The quantitative estimate of drug-likeness (QED) is 0.509. The summed E-state index contributed by atoms with van der Waals surface area (Å²) >= 11 is 0. The summed E-state index contributed by atoms with van der Waals surface area (Å²) in [5.74, 6) is 1.06. The topological polar surface area (TPSA) is 51.5 Å². The third-order valence-electron chi connectivity index (χ3n) is 6.03. The molecule has 170 valence electrons. The molecule has 2 aromatic carbocycles. The van der Waals surface area contributed by atoms with Gasteiger partial charge < -0.3 is 9.80 Å². The number of hydrazone groups is 1. The zero-order chi connectivity index (χ0) is 23.0. The van der Waals surface area contributed by atoms with Gasteiger partial charge in [0.25, 0.3) is 0 Å². The minimum absolute atomic E-state index is 0.181. The number of carbonyl (C=O) groups is 1. The van der Waals surface area contributed by atoms with Crippen molar-refractivity contribution in [3.63, 3.8) is 0 Å². The Balaban J connectivity index is 1.26. The maximum absolute atomic E-state index is 12.9. The van der Waals surface area contributed by atoms with Gasteiger partial charge in [-0.25, -0.2) is 5.01 Å². The summed E-state index contributed by atoms with van der Waals surface area (Å²) in [5.41, 5.74) is 4.50. The molecule has 1 fully saturated rings. The van der Waals surface area contributed by atoms with Gasteiger partial charge in [-0.1, -0.05) is 61.2 Å². The lowest BCUT2D eigenvalue weighted by atomic mass is 10.0. The average Bonchev–Trinajstić information content (AvgIpc) is 2.86. The van der Waals surface area contributed by atoms with Crippen molar-refractivity contribution in [3.05, 3.63) is 95.7 Å². The summed E-state index contributed by atoms with van der Waals surface area (Å²) in [5, 5.41) is 6.27. The molecule has 33 heavy (non-hydrogen) atoms. The molecule has 2 aromatic rings. The molecule has 0 spiro atoms. The number of nitrogens with zero attached hydrogens (tertiary/aromatic N) is 5. The Labute approximate surface area is 196 Å². The SMILES string of the molecule is C=C1C=CC(N2CCN(C(=O)Cc3ccc(CCc4ccccc4)cc3)CC2)=NN1/C=N\C. The zero-order valence-corrected chi connectivity index (χ0v) is 19.2. The van der Waals surface area contributed by atoms with Crippen molar-refractivity contribution in [1.29, 1.82) is 0 Å². The zero-order valence-electron chi connectivity index (χ0n) is 19.2. The fourth-order valence-electron chi connectivity index (χ4n) is 4.06. The summed E-state index contributed by atoms with van der Waals surface area (Å²) in [6.07, 6.45) is 8.04. The smallest absolute Gasteiger partial charge is 0.227 e. The van der Waals surface area contributed by atoms with E-state index in [2.05, 4.69) is 70.1 Å². The number of hydrogen-bond donors (Lipinski definition) is 0. The van der Waals surface area contributed by atoms with Crippen LogP contribution in [0.2, 0.25) is 0 Å². The van der Waals surface area contributed by atoms with Crippen LogP contribution in [0.4, 0.5) is 0 Å². The Kier molecular flexibility index (Phi) is 7.35. The molecule has 0 unspecified atom stereocenters. The first kappa shape index (κ1) is 22.5. The first-order chi connectivity index (χ1) is 16.1. The Morgan fingerprint density at radius 2 is 1.58 bits per heavy atom. The second kappa shape index (κ2) is 10.8. The molecule has 1 amide bonds. The van der Waals surface area contributed by atoms with Crippen molar-refractivity contribution in [2.75, 3.05) is 33.2 Å². The van der Waals surface area contributed by atoms with E-state index in [9.17, 15) is 4.79 Å². The van der Waals surface area contributed by atoms with Gasteiger partial charge in [-0.2, -0.15) is 0 Å². The van der Waals surface area contributed by atoms with Crippen molar-refractivity contribution in [3.8, 4) is 0 Å². The van der Waals surface area contributed by atoms with E-state index in [0.717, 1.165) is 43.0 Å². The maximum atomic E-state index is 12.9. The highest BCUT2D eigenvalue weighted by molar-refractivity contribution is 5.95. The van der Waals surface area contributed by atoms with Crippen molar-refractivity contribution < 1.29 is 4.79 Å². The molecule has 6 nitrogen and oxygen atoms in total. The van der Waals surface area contributed by atoms with Gasteiger partial charge in [0.05, 0.1) is 12.1 Å². The van der Waals surface area contributed by atoms with Crippen LogP contribution in [0.25, 0.3) is 0 Å². The van der Waals surface area contributed by atoms with Crippen LogP contribution in [0, 0.1) is 0 Å². The summed E-state index contributed by atoms with van der Waals surface area (Å²) < 4.78 is 0. The molecule has 6 heteroatoms. The largest absolute Gasteiger partial charge is 0.352 e. The number of amides is 1. The van der Waals surface area contributed by atoms with E-state index in [1.54, 1.807) is 18.4 Å². The van der Waals surface area contributed by atoms with Gasteiger partial charge in [-0.05, 0) is 41.7 Å². The summed E-state index contributed by atoms with van der Waals surface area (Å²) in [6.45, 7) is 6.89. The van der Waals surface area contributed by atoms with Crippen molar-refractivity contribution in [2.24, 2.45) is 10.1 Å². The van der Waals surface area contributed by atoms with Crippen LogP contribution in [-0.2, 0) is 24.1 Å². The second-order valence-corrected chi connectivity index (χ2v) is 8.35. The maximum Gasteiger partial charge on any atom is 0.227 e. The molecular formula is C27H31N5O. The lowest BCUT2D eigenvalue weighted by molar-refractivity contribution is -0.131. The fraction of sp³-hybridized carbons (Fsp3) is 0.296. The molecule has 2 aliphatic heterocycles. The fourth-order valence-corrected chi connectivity index (χ4v) is 4.06. The Hall–Kier alpha value is -3.67. The van der Waals surface area contributed by atoms with Gasteiger partial charge in [-0.15, -0.1) is 5.10 Å². The molecule has 4 rings (SSSR count). The highest BCUT2D eigenvalue weighted by Gasteiger charge is 2.24. The van der Waals surface area contributed by atoms with Gasteiger partial charge in [-0.3, -0.25) is 9.79 Å². The number of hydrogen-bond acceptors (Lipinski definition) is 4. The van der Waals surface area contributed by atoms with Gasteiger partial charge in [0.1, 0.15) is 12.2 Å². The van der Waals surface area contributed by atoms with Crippen LogP contribution in [0.15, 0.2) is 89.1 Å². The molecule has 0 atom stereocenters. The predicted octanol–water partition coefficient (Wildman–Crippen LogP) is 3.52. The molecule has 0 N–H and O–H groups in total. The normalized spacial score (nSPS) is 16.5. The number of amidine groups is 1.